The molecule has 2 rings (SSSR count). The van der Waals surface area contributed by atoms with Crippen LogP contribution in [0.25, 0.3) is 5.69 Å². The van der Waals surface area contributed by atoms with Crippen LogP contribution in [-0.2, 0) is 6.54 Å². The van der Waals surface area contributed by atoms with Gasteiger partial charge in [-0.2, -0.15) is 5.10 Å². The molecular weight excluding hydrogens is 210 g/mol. The zero-order chi connectivity index (χ0) is 12.3. The molecule has 1 heterocycles. The highest BCUT2D eigenvalue weighted by Gasteiger charge is 1.99. The van der Waals surface area contributed by atoms with Crippen molar-refractivity contribution in [2.45, 2.75) is 33.4 Å². The van der Waals surface area contributed by atoms with Gasteiger partial charge in [-0.1, -0.05) is 26.0 Å². The minimum absolute atomic E-state index is 0.517. The largest absolute Gasteiger partial charge is 0.310 e. The average molecular weight is 229 g/mol. The highest BCUT2D eigenvalue weighted by atomic mass is 15.3. The summed E-state index contributed by atoms with van der Waals surface area (Å²) >= 11 is 0. The Morgan fingerprint density at radius 3 is 2.47 bits per heavy atom. The van der Waals surface area contributed by atoms with Crippen molar-refractivity contribution in [2.75, 3.05) is 0 Å². The van der Waals surface area contributed by atoms with Gasteiger partial charge >= 0.3 is 0 Å². The minimum Gasteiger partial charge on any atom is -0.310 e. The number of aromatic nitrogens is 2. The zero-order valence-corrected chi connectivity index (χ0v) is 10.6. The maximum atomic E-state index is 4.29. The molecule has 0 amide bonds. The molecule has 17 heavy (non-hydrogen) atoms. The van der Waals surface area contributed by atoms with Crippen molar-refractivity contribution in [1.82, 2.24) is 15.1 Å². The van der Waals surface area contributed by atoms with Gasteiger partial charge in [0.2, 0.25) is 0 Å². The standard InChI is InChI=1S/C14H19N3/c1-11(2)15-9-13-4-6-14(7-5-13)17-10-12(3)8-16-17/h4-8,10-11,15H,9H2,1-3H3. The van der Waals surface area contributed by atoms with Crippen LogP contribution in [0.15, 0.2) is 36.7 Å². The Bertz CT molecular complexity index is 468. The van der Waals surface area contributed by atoms with E-state index in [1.165, 1.54) is 11.1 Å². The summed E-state index contributed by atoms with van der Waals surface area (Å²) in [5, 5.41) is 7.69. The van der Waals surface area contributed by atoms with Crippen LogP contribution in [0, 0.1) is 6.92 Å². The lowest BCUT2D eigenvalue weighted by Gasteiger charge is -2.08. The highest BCUT2D eigenvalue weighted by molar-refractivity contribution is 5.34. The van der Waals surface area contributed by atoms with Gasteiger partial charge in [-0.3, -0.25) is 0 Å². The molecule has 3 nitrogen and oxygen atoms in total. The minimum atomic E-state index is 0.517. The summed E-state index contributed by atoms with van der Waals surface area (Å²) in [6.07, 6.45) is 3.90. The summed E-state index contributed by atoms with van der Waals surface area (Å²) in [7, 11) is 0. The molecular formula is C14H19N3. The fraction of sp³-hybridized carbons (Fsp3) is 0.357. The van der Waals surface area contributed by atoms with E-state index in [1.54, 1.807) is 0 Å². The predicted molar refractivity (Wildman–Crippen MR) is 70.3 cm³/mol. The van der Waals surface area contributed by atoms with Crippen LogP contribution in [0.4, 0.5) is 0 Å². The van der Waals surface area contributed by atoms with E-state index in [-0.39, 0.29) is 0 Å². The van der Waals surface area contributed by atoms with Gasteiger partial charge in [-0.05, 0) is 30.2 Å². The third-order valence-corrected chi connectivity index (χ3v) is 2.63. The number of hydrogen-bond acceptors (Lipinski definition) is 2. The lowest BCUT2D eigenvalue weighted by Crippen LogP contribution is -2.21. The van der Waals surface area contributed by atoms with E-state index in [0.29, 0.717) is 6.04 Å². The van der Waals surface area contributed by atoms with Crippen molar-refractivity contribution >= 4 is 0 Å². The molecule has 3 heteroatoms. The molecule has 1 aromatic heterocycles. The van der Waals surface area contributed by atoms with Gasteiger partial charge in [0.05, 0.1) is 11.9 Å². The monoisotopic (exact) mass is 229 g/mol. The number of benzene rings is 1. The first-order valence-corrected chi connectivity index (χ1v) is 5.99. The van der Waals surface area contributed by atoms with Gasteiger partial charge in [-0.25, -0.2) is 4.68 Å². The zero-order valence-electron chi connectivity index (χ0n) is 10.6. The number of rotatable bonds is 4. The van der Waals surface area contributed by atoms with Gasteiger partial charge < -0.3 is 5.32 Å². The summed E-state index contributed by atoms with van der Waals surface area (Å²) in [5.74, 6) is 0. The predicted octanol–water partition coefficient (Wildman–Crippen LogP) is 2.68. The first kappa shape index (κ1) is 11.9. The molecule has 0 aliphatic rings. The van der Waals surface area contributed by atoms with E-state index >= 15 is 0 Å². The van der Waals surface area contributed by atoms with E-state index in [4.69, 9.17) is 0 Å². The highest BCUT2D eigenvalue weighted by Crippen LogP contribution is 2.09. The molecule has 0 radical (unpaired) electrons. The van der Waals surface area contributed by atoms with Crippen LogP contribution >= 0.6 is 0 Å². The SMILES string of the molecule is Cc1cnn(-c2ccc(CNC(C)C)cc2)c1. The molecule has 2 aromatic rings. The van der Waals surface area contributed by atoms with E-state index in [0.717, 1.165) is 12.2 Å². The Hall–Kier alpha value is -1.61. The third-order valence-electron chi connectivity index (χ3n) is 2.63. The van der Waals surface area contributed by atoms with Crippen molar-refractivity contribution in [1.29, 1.82) is 0 Å². The Morgan fingerprint density at radius 1 is 1.24 bits per heavy atom. The summed E-state index contributed by atoms with van der Waals surface area (Å²) < 4.78 is 1.90. The molecule has 1 N–H and O–H groups in total. The smallest absolute Gasteiger partial charge is 0.0645 e. The molecule has 1 aromatic carbocycles. The van der Waals surface area contributed by atoms with Crippen molar-refractivity contribution in [3.63, 3.8) is 0 Å². The fourth-order valence-electron chi connectivity index (χ4n) is 1.64. The van der Waals surface area contributed by atoms with Gasteiger partial charge in [0.1, 0.15) is 0 Å². The molecule has 0 spiro atoms. The van der Waals surface area contributed by atoms with Gasteiger partial charge in [0.25, 0.3) is 0 Å². The molecule has 0 aliphatic carbocycles. The molecule has 0 unspecified atom stereocenters. The van der Waals surface area contributed by atoms with Crippen molar-refractivity contribution in [3.8, 4) is 5.69 Å². The normalized spacial score (nSPS) is 11.1. The molecule has 0 atom stereocenters. The topological polar surface area (TPSA) is 29.9 Å². The molecule has 90 valence electrons. The Labute approximate surface area is 102 Å². The second-order valence-corrected chi connectivity index (χ2v) is 4.66. The quantitative estimate of drug-likeness (QED) is 0.873. The first-order chi connectivity index (χ1) is 8.15. The van der Waals surface area contributed by atoms with Crippen LogP contribution in [0.1, 0.15) is 25.0 Å². The summed E-state index contributed by atoms with van der Waals surface area (Å²) in [6, 6.07) is 9.00. The van der Waals surface area contributed by atoms with E-state index in [2.05, 4.69) is 48.5 Å². The van der Waals surface area contributed by atoms with E-state index < -0.39 is 0 Å². The second-order valence-electron chi connectivity index (χ2n) is 4.66. The number of nitrogens with zero attached hydrogens (tertiary/aromatic N) is 2. The maximum absolute atomic E-state index is 4.29. The average Bonchev–Trinajstić information content (AvgIpc) is 2.74. The lowest BCUT2D eigenvalue weighted by molar-refractivity contribution is 0.589. The summed E-state index contributed by atoms with van der Waals surface area (Å²) in [4.78, 5) is 0. The first-order valence-electron chi connectivity index (χ1n) is 5.99. The van der Waals surface area contributed by atoms with Crippen LogP contribution in [0.3, 0.4) is 0 Å². The maximum Gasteiger partial charge on any atom is 0.0645 e. The van der Waals surface area contributed by atoms with Crippen LogP contribution in [0.2, 0.25) is 0 Å². The van der Waals surface area contributed by atoms with Crippen molar-refractivity contribution in [3.05, 3.63) is 47.8 Å². The van der Waals surface area contributed by atoms with E-state index in [1.807, 2.05) is 24.0 Å². The molecule has 0 fully saturated rings. The lowest BCUT2D eigenvalue weighted by atomic mass is 10.2. The number of aryl methyl sites for hydroxylation is 1. The Kier molecular flexibility index (Phi) is 3.59. The van der Waals surface area contributed by atoms with Crippen molar-refractivity contribution in [2.24, 2.45) is 0 Å². The second kappa shape index (κ2) is 5.15. The van der Waals surface area contributed by atoms with Gasteiger partial charge in [-0.15, -0.1) is 0 Å². The Balaban J connectivity index is 2.07. The van der Waals surface area contributed by atoms with Crippen LogP contribution in [-0.4, -0.2) is 15.8 Å². The number of nitrogens with one attached hydrogen (secondary N) is 1. The van der Waals surface area contributed by atoms with Gasteiger partial charge in [0, 0.05) is 18.8 Å². The van der Waals surface area contributed by atoms with Crippen LogP contribution in [0.5, 0.6) is 0 Å². The molecule has 0 saturated carbocycles. The van der Waals surface area contributed by atoms with Crippen LogP contribution < -0.4 is 5.32 Å². The summed E-state index contributed by atoms with van der Waals surface area (Å²) in [6.45, 7) is 7.27. The Morgan fingerprint density at radius 2 is 1.94 bits per heavy atom. The summed E-state index contributed by atoms with van der Waals surface area (Å²) in [5.41, 5.74) is 3.58. The number of hydrogen-bond donors (Lipinski definition) is 1. The fourth-order valence-corrected chi connectivity index (χ4v) is 1.64. The molecule has 0 saturated heterocycles. The molecule has 0 bridgehead atoms. The molecule has 0 aliphatic heterocycles. The van der Waals surface area contributed by atoms with E-state index in [9.17, 15) is 0 Å². The van der Waals surface area contributed by atoms with Crippen molar-refractivity contribution < 1.29 is 0 Å². The van der Waals surface area contributed by atoms with Gasteiger partial charge in [0.15, 0.2) is 0 Å². The third kappa shape index (κ3) is 3.17.